The normalized spacial score (nSPS) is 21.2. The van der Waals surface area contributed by atoms with Gasteiger partial charge in [-0.25, -0.2) is 4.98 Å². The van der Waals surface area contributed by atoms with Gasteiger partial charge in [-0.2, -0.15) is 0 Å². The summed E-state index contributed by atoms with van der Waals surface area (Å²) >= 11 is 0. The van der Waals surface area contributed by atoms with Crippen LogP contribution in [0.4, 0.5) is 5.82 Å². The molecule has 1 saturated carbocycles. The number of nitrogens with one attached hydrogen (secondary N) is 1. The maximum Gasteiger partial charge on any atom is 0.223 e. The van der Waals surface area contributed by atoms with Crippen molar-refractivity contribution >= 4 is 11.7 Å². The maximum absolute atomic E-state index is 12.3. The summed E-state index contributed by atoms with van der Waals surface area (Å²) < 4.78 is 0. The molecule has 1 aliphatic carbocycles. The van der Waals surface area contributed by atoms with Gasteiger partial charge in [0.2, 0.25) is 5.91 Å². The van der Waals surface area contributed by atoms with Gasteiger partial charge in [-0.1, -0.05) is 19.3 Å². The van der Waals surface area contributed by atoms with Crippen molar-refractivity contribution in [3.05, 3.63) is 18.6 Å². The number of amides is 1. The van der Waals surface area contributed by atoms with Gasteiger partial charge in [0.1, 0.15) is 5.82 Å². The van der Waals surface area contributed by atoms with Crippen LogP contribution in [-0.4, -0.2) is 35.0 Å². The van der Waals surface area contributed by atoms with Crippen molar-refractivity contribution in [2.75, 3.05) is 18.0 Å². The van der Waals surface area contributed by atoms with Crippen molar-refractivity contribution in [1.82, 2.24) is 15.3 Å². The number of carbonyl (C=O) groups excluding carboxylic acids is 1. The Balaban J connectivity index is 1.46. The third kappa shape index (κ3) is 3.71. The van der Waals surface area contributed by atoms with Crippen molar-refractivity contribution in [3.63, 3.8) is 0 Å². The molecule has 1 saturated heterocycles. The van der Waals surface area contributed by atoms with Gasteiger partial charge in [-0.05, 0) is 25.7 Å². The van der Waals surface area contributed by atoms with E-state index in [9.17, 15) is 4.79 Å². The standard InChI is InChI=1S/C16H24N4O/c21-16(13-4-2-1-3-5-13)19-14-6-10-20(11-7-14)15-12-17-8-9-18-15/h8-9,12-14H,1-7,10-11H2,(H,19,21). The lowest BCUT2D eigenvalue weighted by atomic mass is 9.88. The van der Waals surface area contributed by atoms with E-state index >= 15 is 0 Å². The van der Waals surface area contributed by atoms with Gasteiger partial charge < -0.3 is 10.2 Å². The van der Waals surface area contributed by atoms with E-state index in [4.69, 9.17) is 0 Å². The highest BCUT2D eigenvalue weighted by Gasteiger charge is 2.26. The fourth-order valence-corrected chi connectivity index (χ4v) is 3.39. The quantitative estimate of drug-likeness (QED) is 0.926. The highest BCUT2D eigenvalue weighted by Crippen LogP contribution is 2.24. The first kappa shape index (κ1) is 14.3. The summed E-state index contributed by atoms with van der Waals surface area (Å²) in [6.45, 7) is 1.88. The number of hydrogen-bond donors (Lipinski definition) is 1. The van der Waals surface area contributed by atoms with E-state index in [0.717, 1.165) is 44.6 Å². The zero-order valence-corrected chi connectivity index (χ0v) is 12.5. The molecular weight excluding hydrogens is 264 g/mol. The average molecular weight is 288 g/mol. The zero-order chi connectivity index (χ0) is 14.5. The summed E-state index contributed by atoms with van der Waals surface area (Å²) in [5.74, 6) is 1.49. The Morgan fingerprint density at radius 3 is 2.52 bits per heavy atom. The molecule has 5 heteroatoms. The van der Waals surface area contributed by atoms with Crippen LogP contribution in [0, 0.1) is 5.92 Å². The third-order valence-corrected chi connectivity index (χ3v) is 4.69. The number of hydrogen-bond acceptors (Lipinski definition) is 4. The van der Waals surface area contributed by atoms with E-state index in [1.54, 1.807) is 18.6 Å². The molecule has 5 nitrogen and oxygen atoms in total. The molecule has 0 bridgehead atoms. The van der Waals surface area contributed by atoms with Crippen molar-refractivity contribution in [2.24, 2.45) is 5.92 Å². The summed E-state index contributed by atoms with van der Waals surface area (Å²) in [5, 5.41) is 3.26. The predicted octanol–water partition coefficient (Wildman–Crippen LogP) is 2.14. The molecule has 0 unspecified atom stereocenters. The molecule has 1 aromatic rings. The molecular formula is C16H24N4O. The number of piperidine rings is 1. The topological polar surface area (TPSA) is 58.1 Å². The van der Waals surface area contributed by atoms with Crippen molar-refractivity contribution < 1.29 is 4.79 Å². The van der Waals surface area contributed by atoms with E-state index in [-0.39, 0.29) is 11.8 Å². The van der Waals surface area contributed by atoms with Crippen molar-refractivity contribution in [3.8, 4) is 0 Å². The second-order valence-electron chi connectivity index (χ2n) is 6.17. The van der Waals surface area contributed by atoms with Crippen molar-refractivity contribution in [2.45, 2.75) is 51.0 Å². The average Bonchev–Trinajstić information content (AvgIpc) is 2.57. The number of rotatable bonds is 3. The van der Waals surface area contributed by atoms with Crippen LogP contribution >= 0.6 is 0 Å². The lowest BCUT2D eigenvalue weighted by molar-refractivity contribution is -0.126. The fourth-order valence-electron chi connectivity index (χ4n) is 3.39. The molecule has 0 radical (unpaired) electrons. The maximum atomic E-state index is 12.3. The van der Waals surface area contributed by atoms with E-state index in [1.807, 2.05) is 0 Å². The molecule has 21 heavy (non-hydrogen) atoms. The smallest absolute Gasteiger partial charge is 0.223 e. The molecule has 0 aromatic carbocycles. The second-order valence-corrected chi connectivity index (χ2v) is 6.17. The Hall–Kier alpha value is -1.65. The monoisotopic (exact) mass is 288 g/mol. The highest BCUT2D eigenvalue weighted by atomic mass is 16.1. The Labute approximate surface area is 126 Å². The van der Waals surface area contributed by atoms with Crippen LogP contribution in [0.15, 0.2) is 18.6 Å². The summed E-state index contributed by atoms with van der Waals surface area (Å²) in [4.78, 5) is 23.0. The summed E-state index contributed by atoms with van der Waals surface area (Å²) in [6, 6.07) is 0.326. The first-order valence-corrected chi connectivity index (χ1v) is 8.14. The number of nitrogens with zero attached hydrogens (tertiary/aromatic N) is 3. The lowest BCUT2D eigenvalue weighted by Gasteiger charge is -2.34. The van der Waals surface area contributed by atoms with Crippen molar-refractivity contribution in [1.29, 1.82) is 0 Å². The molecule has 1 N–H and O–H groups in total. The Bertz CT molecular complexity index is 451. The molecule has 0 atom stereocenters. The van der Waals surface area contributed by atoms with Gasteiger partial charge in [0.15, 0.2) is 0 Å². The molecule has 114 valence electrons. The number of carbonyl (C=O) groups is 1. The van der Waals surface area contributed by atoms with E-state index in [0.29, 0.717) is 6.04 Å². The van der Waals surface area contributed by atoms with Gasteiger partial charge in [0, 0.05) is 37.4 Å². The van der Waals surface area contributed by atoms with E-state index in [1.165, 1.54) is 19.3 Å². The predicted molar refractivity (Wildman–Crippen MR) is 82.0 cm³/mol. The minimum absolute atomic E-state index is 0.261. The molecule has 1 aromatic heterocycles. The highest BCUT2D eigenvalue weighted by molar-refractivity contribution is 5.79. The first-order valence-electron chi connectivity index (χ1n) is 8.14. The molecule has 1 aliphatic heterocycles. The molecule has 2 heterocycles. The van der Waals surface area contributed by atoms with E-state index < -0.39 is 0 Å². The minimum Gasteiger partial charge on any atom is -0.355 e. The summed E-state index contributed by atoms with van der Waals surface area (Å²) in [5.41, 5.74) is 0. The Morgan fingerprint density at radius 1 is 1.10 bits per heavy atom. The van der Waals surface area contributed by atoms with Crippen LogP contribution < -0.4 is 10.2 Å². The van der Waals surface area contributed by atoms with Gasteiger partial charge >= 0.3 is 0 Å². The second kappa shape index (κ2) is 6.87. The van der Waals surface area contributed by atoms with Gasteiger partial charge in [0.05, 0.1) is 6.20 Å². The fraction of sp³-hybridized carbons (Fsp3) is 0.688. The zero-order valence-electron chi connectivity index (χ0n) is 12.5. The Morgan fingerprint density at radius 2 is 1.86 bits per heavy atom. The number of aromatic nitrogens is 2. The van der Waals surface area contributed by atoms with Crippen LogP contribution in [0.5, 0.6) is 0 Å². The minimum atomic E-state index is 0.261. The van der Waals surface area contributed by atoms with Crippen LogP contribution in [0.2, 0.25) is 0 Å². The summed E-state index contributed by atoms with van der Waals surface area (Å²) in [6.07, 6.45) is 13.1. The van der Waals surface area contributed by atoms with Crippen LogP contribution in [0.3, 0.4) is 0 Å². The summed E-state index contributed by atoms with van der Waals surface area (Å²) in [7, 11) is 0. The molecule has 2 aliphatic rings. The van der Waals surface area contributed by atoms with Crippen LogP contribution in [0.25, 0.3) is 0 Å². The van der Waals surface area contributed by atoms with Gasteiger partial charge in [0.25, 0.3) is 0 Å². The molecule has 3 rings (SSSR count). The van der Waals surface area contributed by atoms with E-state index in [2.05, 4.69) is 20.2 Å². The third-order valence-electron chi connectivity index (χ3n) is 4.69. The van der Waals surface area contributed by atoms with Gasteiger partial charge in [-0.3, -0.25) is 9.78 Å². The largest absolute Gasteiger partial charge is 0.355 e. The molecule has 2 fully saturated rings. The first-order chi connectivity index (χ1) is 10.3. The van der Waals surface area contributed by atoms with Crippen LogP contribution in [0.1, 0.15) is 44.9 Å². The SMILES string of the molecule is O=C(NC1CCN(c2cnccn2)CC1)C1CCCCC1. The lowest BCUT2D eigenvalue weighted by Crippen LogP contribution is -2.46. The molecule has 0 spiro atoms. The molecule has 1 amide bonds. The number of anilines is 1. The Kier molecular flexibility index (Phi) is 4.68. The van der Waals surface area contributed by atoms with Crippen LogP contribution in [-0.2, 0) is 4.79 Å². The van der Waals surface area contributed by atoms with Gasteiger partial charge in [-0.15, -0.1) is 0 Å².